The maximum absolute atomic E-state index is 10.5. The number of aromatic nitrogens is 1. The van der Waals surface area contributed by atoms with Crippen molar-refractivity contribution in [2.24, 2.45) is 0 Å². The van der Waals surface area contributed by atoms with Crippen molar-refractivity contribution in [1.29, 1.82) is 0 Å². The first-order chi connectivity index (χ1) is 6.59. The summed E-state index contributed by atoms with van der Waals surface area (Å²) in [6.45, 7) is 3.61. The molecule has 0 fully saturated rings. The molecule has 1 unspecified atom stereocenters. The molecule has 0 aliphatic heterocycles. The number of nitrogens with zero attached hydrogens (tertiary/aromatic N) is 1. The van der Waals surface area contributed by atoms with Crippen molar-refractivity contribution in [3.05, 3.63) is 29.6 Å². The molecule has 0 saturated carbocycles. The molecule has 0 spiro atoms. The van der Waals surface area contributed by atoms with Crippen LogP contribution in [0.2, 0.25) is 0 Å². The summed E-state index contributed by atoms with van der Waals surface area (Å²) in [6, 6.07) is 5.77. The van der Waals surface area contributed by atoms with Crippen LogP contribution < -0.4 is 0 Å². The van der Waals surface area contributed by atoms with Gasteiger partial charge in [-0.2, -0.15) is 0 Å². The van der Waals surface area contributed by atoms with E-state index in [1.54, 1.807) is 6.92 Å². The minimum atomic E-state index is -0.775. The lowest BCUT2D eigenvalue weighted by Gasteiger charge is -2.05. The molecular formula is C10H13NO2S. The molecule has 14 heavy (non-hydrogen) atoms. The van der Waals surface area contributed by atoms with Gasteiger partial charge in [-0.1, -0.05) is 6.07 Å². The molecule has 1 N–H and O–H groups in total. The molecule has 1 atom stereocenters. The largest absolute Gasteiger partial charge is 0.480 e. The first kappa shape index (κ1) is 11.0. The zero-order valence-corrected chi connectivity index (χ0v) is 9.04. The van der Waals surface area contributed by atoms with Gasteiger partial charge in [0.1, 0.15) is 0 Å². The number of aliphatic carboxylic acids is 1. The third-order valence-electron chi connectivity index (χ3n) is 1.77. The SMILES string of the molecule is Cc1cccc(CSC(C)C(=O)O)n1. The fourth-order valence-corrected chi connectivity index (χ4v) is 1.69. The molecule has 1 heterocycles. The molecule has 76 valence electrons. The van der Waals surface area contributed by atoms with Crippen LogP contribution in [0, 0.1) is 6.92 Å². The lowest BCUT2D eigenvalue weighted by Crippen LogP contribution is -2.11. The van der Waals surface area contributed by atoms with E-state index in [1.807, 2.05) is 25.1 Å². The van der Waals surface area contributed by atoms with Gasteiger partial charge in [0.15, 0.2) is 0 Å². The highest BCUT2D eigenvalue weighted by molar-refractivity contribution is 7.99. The Kier molecular flexibility index (Phi) is 3.95. The Morgan fingerprint density at radius 2 is 2.36 bits per heavy atom. The molecule has 1 aromatic heterocycles. The summed E-state index contributed by atoms with van der Waals surface area (Å²) in [5.74, 6) is -0.127. The minimum Gasteiger partial charge on any atom is -0.480 e. The minimum absolute atomic E-state index is 0.377. The summed E-state index contributed by atoms with van der Waals surface area (Å²) in [7, 11) is 0. The molecule has 0 amide bonds. The summed E-state index contributed by atoms with van der Waals surface area (Å²) in [5, 5.41) is 8.30. The van der Waals surface area contributed by atoms with E-state index in [1.165, 1.54) is 11.8 Å². The number of hydrogen-bond donors (Lipinski definition) is 1. The van der Waals surface area contributed by atoms with Gasteiger partial charge in [-0.3, -0.25) is 9.78 Å². The van der Waals surface area contributed by atoms with E-state index in [-0.39, 0.29) is 5.25 Å². The van der Waals surface area contributed by atoms with Crippen molar-refractivity contribution >= 4 is 17.7 Å². The molecule has 4 heteroatoms. The Bertz CT molecular complexity index is 328. The van der Waals surface area contributed by atoms with Gasteiger partial charge in [0.05, 0.1) is 10.9 Å². The molecule has 1 aromatic rings. The van der Waals surface area contributed by atoms with Crippen LogP contribution in [0.3, 0.4) is 0 Å². The zero-order valence-electron chi connectivity index (χ0n) is 8.23. The van der Waals surface area contributed by atoms with Crippen molar-refractivity contribution in [3.8, 4) is 0 Å². The number of carboxylic acids is 1. The summed E-state index contributed by atoms with van der Waals surface area (Å²) in [6.07, 6.45) is 0. The van der Waals surface area contributed by atoms with Gasteiger partial charge in [-0.25, -0.2) is 0 Å². The summed E-state index contributed by atoms with van der Waals surface area (Å²) < 4.78 is 0. The molecule has 0 saturated heterocycles. The van der Waals surface area contributed by atoms with Gasteiger partial charge < -0.3 is 5.11 Å². The smallest absolute Gasteiger partial charge is 0.316 e. The Hall–Kier alpha value is -1.03. The molecule has 0 bridgehead atoms. The number of carbonyl (C=O) groups is 1. The maximum Gasteiger partial charge on any atom is 0.316 e. The predicted molar refractivity (Wildman–Crippen MR) is 57.4 cm³/mol. The van der Waals surface area contributed by atoms with Gasteiger partial charge in [0.2, 0.25) is 0 Å². The predicted octanol–water partition coefficient (Wildman–Crippen LogP) is 2.10. The van der Waals surface area contributed by atoms with Crippen LogP contribution in [0.4, 0.5) is 0 Å². The van der Waals surface area contributed by atoms with Gasteiger partial charge in [0, 0.05) is 11.4 Å². The van der Waals surface area contributed by atoms with Crippen molar-refractivity contribution < 1.29 is 9.90 Å². The second kappa shape index (κ2) is 5.00. The third-order valence-corrected chi connectivity index (χ3v) is 2.94. The zero-order chi connectivity index (χ0) is 10.6. The van der Waals surface area contributed by atoms with Gasteiger partial charge in [-0.05, 0) is 26.0 Å². The molecule has 1 rings (SSSR count). The number of rotatable bonds is 4. The summed E-state index contributed by atoms with van der Waals surface area (Å²) in [5.41, 5.74) is 1.90. The second-order valence-electron chi connectivity index (χ2n) is 3.06. The van der Waals surface area contributed by atoms with E-state index in [0.29, 0.717) is 5.75 Å². The second-order valence-corrected chi connectivity index (χ2v) is 4.39. The fourth-order valence-electron chi connectivity index (χ4n) is 0.962. The lowest BCUT2D eigenvalue weighted by atomic mass is 10.3. The first-order valence-electron chi connectivity index (χ1n) is 4.36. The Balaban J connectivity index is 2.49. The monoisotopic (exact) mass is 211 g/mol. The third kappa shape index (κ3) is 3.38. The van der Waals surface area contributed by atoms with Crippen LogP contribution in [0.5, 0.6) is 0 Å². The van der Waals surface area contributed by atoms with Gasteiger partial charge in [-0.15, -0.1) is 11.8 Å². The summed E-state index contributed by atoms with van der Waals surface area (Å²) >= 11 is 1.38. The van der Waals surface area contributed by atoms with Crippen LogP contribution in [0.15, 0.2) is 18.2 Å². The number of carboxylic acid groups (broad SMARTS) is 1. The topological polar surface area (TPSA) is 50.2 Å². The number of hydrogen-bond acceptors (Lipinski definition) is 3. The molecule has 0 radical (unpaired) electrons. The summed E-state index contributed by atoms with van der Waals surface area (Å²) in [4.78, 5) is 14.8. The maximum atomic E-state index is 10.5. The van der Waals surface area contributed by atoms with Crippen LogP contribution in [-0.4, -0.2) is 21.3 Å². The molecule has 3 nitrogen and oxygen atoms in total. The van der Waals surface area contributed by atoms with E-state index in [2.05, 4.69) is 4.98 Å². The number of aryl methyl sites for hydroxylation is 1. The standard InChI is InChI=1S/C10H13NO2S/c1-7-4-3-5-9(11-7)6-14-8(2)10(12)13/h3-5,8H,6H2,1-2H3,(H,12,13). The molecular weight excluding hydrogens is 198 g/mol. The van der Waals surface area contributed by atoms with E-state index in [9.17, 15) is 4.79 Å². The quantitative estimate of drug-likeness (QED) is 0.828. The van der Waals surface area contributed by atoms with E-state index in [4.69, 9.17) is 5.11 Å². The number of pyridine rings is 1. The fraction of sp³-hybridized carbons (Fsp3) is 0.400. The van der Waals surface area contributed by atoms with Crippen molar-refractivity contribution in [1.82, 2.24) is 4.98 Å². The van der Waals surface area contributed by atoms with E-state index >= 15 is 0 Å². The van der Waals surface area contributed by atoms with E-state index < -0.39 is 5.97 Å². The average Bonchev–Trinajstić information content (AvgIpc) is 2.14. The number of thioether (sulfide) groups is 1. The molecule has 0 aliphatic rings. The van der Waals surface area contributed by atoms with Crippen LogP contribution in [-0.2, 0) is 10.5 Å². The highest BCUT2D eigenvalue weighted by atomic mass is 32.2. The van der Waals surface area contributed by atoms with Crippen molar-refractivity contribution in [2.75, 3.05) is 0 Å². The Morgan fingerprint density at radius 1 is 1.64 bits per heavy atom. The Labute approximate surface area is 87.6 Å². The average molecular weight is 211 g/mol. The molecule has 0 aromatic carbocycles. The van der Waals surface area contributed by atoms with E-state index in [0.717, 1.165) is 11.4 Å². The lowest BCUT2D eigenvalue weighted by molar-refractivity contribution is -0.136. The first-order valence-corrected chi connectivity index (χ1v) is 5.41. The van der Waals surface area contributed by atoms with Crippen LogP contribution in [0.1, 0.15) is 18.3 Å². The highest BCUT2D eigenvalue weighted by Gasteiger charge is 2.11. The van der Waals surface area contributed by atoms with Crippen LogP contribution in [0.25, 0.3) is 0 Å². The van der Waals surface area contributed by atoms with Crippen molar-refractivity contribution in [3.63, 3.8) is 0 Å². The molecule has 0 aliphatic carbocycles. The highest BCUT2D eigenvalue weighted by Crippen LogP contribution is 2.16. The Morgan fingerprint density at radius 3 is 2.93 bits per heavy atom. The van der Waals surface area contributed by atoms with Gasteiger partial charge >= 0.3 is 5.97 Å². The van der Waals surface area contributed by atoms with Crippen LogP contribution >= 0.6 is 11.8 Å². The van der Waals surface area contributed by atoms with Crippen molar-refractivity contribution in [2.45, 2.75) is 24.9 Å². The normalized spacial score (nSPS) is 12.4. The van der Waals surface area contributed by atoms with Gasteiger partial charge in [0.25, 0.3) is 0 Å².